The molecule has 1 saturated carbocycles. The van der Waals surface area contributed by atoms with Crippen molar-refractivity contribution in [3.63, 3.8) is 0 Å². The van der Waals surface area contributed by atoms with Crippen molar-refractivity contribution in [3.8, 4) is 0 Å². The van der Waals surface area contributed by atoms with Gasteiger partial charge >= 0.3 is 0 Å². The Hall–Kier alpha value is -0.400. The van der Waals surface area contributed by atoms with Gasteiger partial charge in [0.15, 0.2) is 0 Å². The molecule has 2 fully saturated rings. The summed E-state index contributed by atoms with van der Waals surface area (Å²) >= 11 is 5.91. The van der Waals surface area contributed by atoms with E-state index in [1.54, 1.807) is 0 Å². The first-order chi connectivity index (χ1) is 9.39. The van der Waals surface area contributed by atoms with Gasteiger partial charge in [0.1, 0.15) is 10.7 Å². The van der Waals surface area contributed by atoms with Crippen molar-refractivity contribution in [1.29, 1.82) is 0 Å². The maximum atomic E-state index is 13.3. The molecule has 0 radical (unpaired) electrons. The molecule has 3 atom stereocenters. The van der Waals surface area contributed by atoms with Crippen LogP contribution in [0.15, 0.2) is 23.1 Å². The van der Waals surface area contributed by atoms with E-state index in [1.807, 2.05) is 0 Å². The van der Waals surface area contributed by atoms with E-state index in [-0.39, 0.29) is 34.3 Å². The van der Waals surface area contributed by atoms with E-state index in [9.17, 15) is 12.8 Å². The molecular formula is C13H17Cl2FN2O2S. The average Bonchev–Trinajstić information content (AvgIpc) is 2.95. The van der Waals surface area contributed by atoms with E-state index in [4.69, 9.17) is 17.3 Å². The summed E-state index contributed by atoms with van der Waals surface area (Å²) in [5.74, 6) is -0.0895. The van der Waals surface area contributed by atoms with Gasteiger partial charge in [-0.15, -0.1) is 12.4 Å². The van der Waals surface area contributed by atoms with Crippen LogP contribution < -0.4 is 5.73 Å². The minimum absolute atomic E-state index is 0. The van der Waals surface area contributed by atoms with Gasteiger partial charge in [0.05, 0.1) is 5.02 Å². The molecule has 0 bridgehead atoms. The fourth-order valence-electron chi connectivity index (χ4n) is 3.28. The molecule has 118 valence electrons. The molecule has 1 heterocycles. The molecule has 21 heavy (non-hydrogen) atoms. The number of hydrogen-bond acceptors (Lipinski definition) is 3. The summed E-state index contributed by atoms with van der Waals surface area (Å²) in [4.78, 5) is -0.160. The predicted octanol–water partition coefficient (Wildman–Crippen LogP) is 2.26. The van der Waals surface area contributed by atoms with E-state index in [0.29, 0.717) is 19.0 Å². The Kier molecular flexibility index (Phi) is 4.85. The van der Waals surface area contributed by atoms with Crippen molar-refractivity contribution >= 4 is 34.0 Å². The lowest BCUT2D eigenvalue weighted by Crippen LogP contribution is -2.33. The van der Waals surface area contributed by atoms with E-state index in [0.717, 1.165) is 25.0 Å². The highest BCUT2D eigenvalue weighted by Gasteiger charge is 2.45. The Morgan fingerprint density at radius 1 is 1.29 bits per heavy atom. The van der Waals surface area contributed by atoms with Gasteiger partial charge in [0.2, 0.25) is 10.0 Å². The number of fused-ring (bicyclic) bond motifs is 1. The molecule has 3 rings (SSSR count). The monoisotopic (exact) mass is 354 g/mol. The number of benzene rings is 1. The fraction of sp³-hybridized carbons (Fsp3) is 0.538. The Labute approximate surface area is 134 Å². The lowest BCUT2D eigenvalue weighted by Gasteiger charge is -2.19. The first kappa shape index (κ1) is 17.0. The van der Waals surface area contributed by atoms with Gasteiger partial charge in [-0.1, -0.05) is 11.6 Å². The van der Waals surface area contributed by atoms with Crippen molar-refractivity contribution in [2.24, 2.45) is 17.6 Å². The van der Waals surface area contributed by atoms with Crippen molar-refractivity contribution in [1.82, 2.24) is 4.31 Å². The van der Waals surface area contributed by atoms with Gasteiger partial charge in [-0.05, 0) is 42.9 Å². The minimum Gasteiger partial charge on any atom is -0.327 e. The van der Waals surface area contributed by atoms with Crippen LogP contribution in [0, 0.1) is 17.7 Å². The predicted molar refractivity (Wildman–Crippen MR) is 81.6 cm³/mol. The summed E-state index contributed by atoms with van der Waals surface area (Å²) in [5, 5.41) is 0.0488. The number of rotatable bonds is 2. The minimum atomic E-state index is -3.75. The van der Waals surface area contributed by atoms with E-state index < -0.39 is 15.8 Å². The molecule has 2 aliphatic rings. The molecule has 2 N–H and O–H groups in total. The van der Waals surface area contributed by atoms with Crippen molar-refractivity contribution < 1.29 is 12.8 Å². The van der Waals surface area contributed by atoms with Gasteiger partial charge in [0, 0.05) is 19.1 Å². The second-order valence-corrected chi connectivity index (χ2v) is 7.88. The third-order valence-corrected chi connectivity index (χ3v) is 6.70. The maximum absolute atomic E-state index is 13.3. The fourth-order valence-corrected chi connectivity index (χ4v) is 5.30. The van der Waals surface area contributed by atoms with Gasteiger partial charge in [-0.3, -0.25) is 0 Å². The molecule has 3 unspecified atom stereocenters. The summed E-state index contributed by atoms with van der Waals surface area (Å²) in [6, 6.07) is 3.46. The van der Waals surface area contributed by atoms with Crippen LogP contribution in [0.1, 0.15) is 12.8 Å². The lowest BCUT2D eigenvalue weighted by atomic mass is 9.98. The summed E-state index contributed by atoms with van der Waals surface area (Å²) < 4.78 is 39.8. The van der Waals surface area contributed by atoms with Gasteiger partial charge in [-0.25, -0.2) is 12.8 Å². The van der Waals surface area contributed by atoms with Crippen LogP contribution in [0.25, 0.3) is 0 Å². The molecule has 8 heteroatoms. The van der Waals surface area contributed by atoms with Gasteiger partial charge < -0.3 is 5.73 Å². The van der Waals surface area contributed by atoms with Crippen LogP contribution in [-0.4, -0.2) is 31.9 Å². The van der Waals surface area contributed by atoms with Crippen LogP contribution in [0.3, 0.4) is 0 Å². The smallest absolute Gasteiger partial charge is 0.244 e. The highest BCUT2D eigenvalue weighted by atomic mass is 35.5. The van der Waals surface area contributed by atoms with Crippen molar-refractivity contribution in [2.45, 2.75) is 23.8 Å². The first-order valence-corrected chi connectivity index (χ1v) is 8.42. The summed E-state index contributed by atoms with van der Waals surface area (Å²) in [6.07, 6.45) is 1.90. The zero-order valence-corrected chi connectivity index (χ0v) is 13.6. The molecule has 1 aliphatic carbocycles. The SMILES string of the molecule is Cl.NC1CCC2CN(S(=O)(=O)c3cc(F)ccc3Cl)CC12. The number of hydrogen-bond donors (Lipinski definition) is 1. The zero-order chi connectivity index (χ0) is 14.5. The largest absolute Gasteiger partial charge is 0.327 e. The number of nitrogens with zero attached hydrogens (tertiary/aromatic N) is 1. The number of nitrogens with two attached hydrogens (primary N) is 1. The van der Waals surface area contributed by atoms with Gasteiger partial charge in [0.25, 0.3) is 0 Å². The van der Waals surface area contributed by atoms with Crippen LogP contribution >= 0.6 is 24.0 Å². The third-order valence-electron chi connectivity index (χ3n) is 4.39. The van der Waals surface area contributed by atoms with Crippen molar-refractivity contribution in [2.75, 3.05) is 13.1 Å². The molecule has 1 aliphatic heterocycles. The Balaban J connectivity index is 0.00000161. The van der Waals surface area contributed by atoms with Crippen LogP contribution in [-0.2, 0) is 10.0 Å². The van der Waals surface area contributed by atoms with Gasteiger partial charge in [-0.2, -0.15) is 4.31 Å². The van der Waals surface area contributed by atoms with E-state index in [1.165, 1.54) is 10.4 Å². The molecule has 0 spiro atoms. The number of sulfonamides is 1. The number of halogens is 3. The second-order valence-electron chi connectivity index (χ2n) is 5.56. The quantitative estimate of drug-likeness (QED) is 0.885. The first-order valence-electron chi connectivity index (χ1n) is 6.60. The molecule has 1 aromatic rings. The highest BCUT2D eigenvalue weighted by Crippen LogP contribution is 2.40. The Morgan fingerprint density at radius 2 is 2.00 bits per heavy atom. The Bertz CT molecular complexity index is 641. The van der Waals surface area contributed by atoms with E-state index >= 15 is 0 Å². The highest BCUT2D eigenvalue weighted by molar-refractivity contribution is 7.89. The summed E-state index contributed by atoms with van der Waals surface area (Å²) in [7, 11) is -3.75. The topological polar surface area (TPSA) is 63.4 Å². The average molecular weight is 355 g/mol. The van der Waals surface area contributed by atoms with Crippen molar-refractivity contribution in [3.05, 3.63) is 29.0 Å². The molecule has 1 saturated heterocycles. The summed E-state index contributed by atoms with van der Waals surface area (Å²) in [6.45, 7) is 0.856. The normalized spacial score (nSPS) is 29.2. The third kappa shape index (κ3) is 2.92. The van der Waals surface area contributed by atoms with Crippen LogP contribution in [0.5, 0.6) is 0 Å². The molecule has 1 aromatic carbocycles. The molecule has 0 amide bonds. The maximum Gasteiger partial charge on any atom is 0.244 e. The molecular weight excluding hydrogens is 338 g/mol. The van der Waals surface area contributed by atoms with Crippen LogP contribution in [0.4, 0.5) is 4.39 Å². The second kappa shape index (κ2) is 6.01. The van der Waals surface area contributed by atoms with Crippen LogP contribution in [0.2, 0.25) is 5.02 Å². The lowest BCUT2D eigenvalue weighted by molar-refractivity contribution is 0.426. The molecule has 0 aromatic heterocycles. The van der Waals surface area contributed by atoms with E-state index in [2.05, 4.69) is 0 Å². The summed E-state index contributed by atoms with van der Waals surface area (Å²) in [5.41, 5.74) is 6.01. The zero-order valence-electron chi connectivity index (χ0n) is 11.2. The Morgan fingerprint density at radius 3 is 2.67 bits per heavy atom. The standard InChI is InChI=1S/C13H16ClFN2O2S.ClH/c14-11-3-2-9(15)5-13(11)20(18,19)17-6-8-1-4-12(16)10(8)7-17;/h2-3,5,8,10,12H,1,4,6-7,16H2;1H. The molecule has 4 nitrogen and oxygen atoms in total.